The van der Waals surface area contributed by atoms with Crippen LogP contribution in [0.3, 0.4) is 0 Å². The van der Waals surface area contributed by atoms with Crippen molar-refractivity contribution in [1.29, 1.82) is 0 Å². The fourth-order valence-corrected chi connectivity index (χ4v) is 2.94. The molecule has 0 unspecified atom stereocenters. The summed E-state index contributed by atoms with van der Waals surface area (Å²) in [5.74, 6) is -1.09. The highest BCUT2D eigenvalue weighted by Gasteiger charge is 2.35. The van der Waals surface area contributed by atoms with Gasteiger partial charge in [0, 0.05) is 6.54 Å². The Morgan fingerprint density at radius 1 is 1.30 bits per heavy atom. The van der Waals surface area contributed by atoms with Crippen molar-refractivity contribution in [2.75, 3.05) is 6.54 Å². The SMILES string of the molecule is CCc1nc(C)c(C(=O)NCC(CC)(CC)C(=O)O)s1. The number of carbonyl (C=O) groups excluding carboxylic acids is 1. The van der Waals surface area contributed by atoms with E-state index in [0.29, 0.717) is 23.4 Å². The van der Waals surface area contributed by atoms with Gasteiger partial charge in [0.2, 0.25) is 0 Å². The third-order valence-electron chi connectivity index (χ3n) is 3.74. The van der Waals surface area contributed by atoms with E-state index in [0.717, 1.165) is 11.4 Å². The zero-order valence-corrected chi connectivity index (χ0v) is 13.3. The van der Waals surface area contributed by atoms with Crippen LogP contribution in [0.25, 0.3) is 0 Å². The molecule has 0 saturated carbocycles. The van der Waals surface area contributed by atoms with E-state index in [1.54, 1.807) is 6.92 Å². The molecule has 0 aliphatic heterocycles. The predicted molar refractivity (Wildman–Crippen MR) is 79.2 cm³/mol. The van der Waals surface area contributed by atoms with E-state index >= 15 is 0 Å². The number of hydrogen-bond donors (Lipinski definition) is 2. The molecule has 1 heterocycles. The first kappa shape index (κ1) is 16.6. The fraction of sp³-hybridized carbons (Fsp3) is 0.643. The molecule has 112 valence electrons. The average Bonchev–Trinajstić information content (AvgIpc) is 2.81. The highest BCUT2D eigenvalue weighted by molar-refractivity contribution is 7.13. The van der Waals surface area contributed by atoms with Crippen LogP contribution >= 0.6 is 11.3 Å². The Hall–Kier alpha value is -1.43. The van der Waals surface area contributed by atoms with Gasteiger partial charge in [-0.3, -0.25) is 9.59 Å². The lowest BCUT2D eigenvalue weighted by molar-refractivity contribution is -0.149. The van der Waals surface area contributed by atoms with Gasteiger partial charge in [0.15, 0.2) is 0 Å². The molecule has 0 bridgehead atoms. The molecule has 1 aromatic rings. The molecule has 0 saturated heterocycles. The van der Waals surface area contributed by atoms with Crippen molar-refractivity contribution in [1.82, 2.24) is 10.3 Å². The lowest BCUT2D eigenvalue weighted by Crippen LogP contribution is -2.42. The molecule has 0 fully saturated rings. The minimum absolute atomic E-state index is 0.146. The molecule has 0 radical (unpaired) electrons. The Morgan fingerprint density at radius 3 is 2.30 bits per heavy atom. The summed E-state index contributed by atoms with van der Waals surface area (Å²) < 4.78 is 0. The number of aliphatic carboxylic acids is 1. The minimum Gasteiger partial charge on any atom is -0.481 e. The number of carboxylic acid groups (broad SMARTS) is 1. The van der Waals surface area contributed by atoms with Crippen LogP contribution < -0.4 is 5.32 Å². The summed E-state index contributed by atoms with van der Waals surface area (Å²) in [7, 11) is 0. The van der Waals surface area contributed by atoms with Gasteiger partial charge >= 0.3 is 5.97 Å². The van der Waals surface area contributed by atoms with Gasteiger partial charge in [0.05, 0.1) is 16.1 Å². The summed E-state index contributed by atoms with van der Waals surface area (Å²) in [6.07, 6.45) is 1.77. The van der Waals surface area contributed by atoms with E-state index in [4.69, 9.17) is 0 Å². The van der Waals surface area contributed by atoms with Gasteiger partial charge in [-0.15, -0.1) is 11.3 Å². The summed E-state index contributed by atoms with van der Waals surface area (Å²) in [4.78, 5) is 28.4. The van der Waals surface area contributed by atoms with Crippen molar-refractivity contribution in [3.8, 4) is 0 Å². The van der Waals surface area contributed by atoms with Crippen LogP contribution in [-0.2, 0) is 11.2 Å². The summed E-state index contributed by atoms with van der Waals surface area (Å²) in [5.41, 5.74) is -0.180. The van der Waals surface area contributed by atoms with Gasteiger partial charge in [-0.1, -0.05) is 20.8 Å². The largest absolute Gasteiger partial charge is 0.481 e. The molecular formula is C14H22N2O3S. The third kappa shape index (κ3) is 3.36. The van der Waals surface area contributed by atoms with Crippen molar-refractivity contribution in [2.45, 2.75) is 47.0 Å². The number of thiazole rings is 1. The van der Waals surface area contributed by atoms with Crippen LogP contribution in [0.1, 0.15) is 54.0 Å². The zero-order valence-electron chi connectivity index (χ0n) is 12.4. The van der Waals surface area contributed by atoms with E-state index < -0.39 is 11.4 Å². The van der Waals surface area contributed by atoms with E-state index in [9.17, 15) is 14.7 Å². The highest BCUT2D eigenvalue weighted by atomic mass is 32.1. The van der Waals surface area contributed by atoms with E-state index in [1.807, 2.05) is 20.8 Å². The maximum atomic E-state index is 12.2. The van der Waals surface area contributed by atoms with Gasteiger partial charge in [0.1, 0.15) is 4.88 Å². The van der Waals surface area contributed by atoms with Crippen LogP contribution in [0.15, 0.2) is 0 Å². The molecule has 1 aromatic heterocycles. The number of nitrogens with one attached hydrogen (secondary N) is 1. The van der Waals surface area contributed by atoms with Gasteiger partial charge < -0.3 is 10.4 Å². The number of amides is 1. The smallest absolute Gasteiger partial charge is 0.311 e. The number of carbonyl (C=O) groups is 2. The second kappa shape index (κ2) is 6.83. The molecular weight excluding hydrogens is 276 g/mol. The molecule has 0 spiro atoms. The average molecular weight is 298 g/mol. The van der Waals surface area contributed by atoms with Crippen LogP contribution in [0.2, 0.25) is 0 Å². The summed E-state index contributed by atoms with van der Waals surface area (Å²) in [6.45, 7) is 7.60. The highest BCUT2D eigenvalue weighted by Crippen LogP contribution is 2.26. The molecule has 6 heteroatoms. The van der Waals surface area contributed by atoms with Crippen molar-refractivity contribution in [3.05, 3.63) is 15.6 Å². The van der Waals surface area contributed by atoms with Crippen LogP contribution in [-0.4, -0.2) is 28.5 Å². The first-order chi connectivity index (χ1) is 9.40. The molecule has 20 heavy (non-hydrogen) atoms. The Labute approximate surface area is 123 Å². The Bertz CT molecular complexity index is 493. The maximum absolute atomic E-state index is 12.2. The van der Waals surface area contributed by atoms with Gasteiger partial charge in [-0.25, -0.2) is 4.98 Å². The van der Waals surface area contributed by atoms with Crippen molar-refractivity contribution in [3.63, 3.8) is 0 Å². The van der Waals surface area contributed by atoms with Crippen molar-refractivity contribution in [2.24, 2.45) is 5.41 Å². The quantitative estimate of drug-likeness (QED) is 0.811. The number of hydrogen-bond acceptors (Lipinski definition) is 4. The molecule has 0 aliphatic rings. The number of aromatic nitrogens is 1. The number of rotatable bonds is 7. The Kier molecular flexibility index (Phi) is 5.68. The normalized spacial score (nSPS) is 11.4. The Balaban J connectivity index is 2.80. The van der Waals surface area contributed by atoms with Crippen LogP contribution in [0.5, 0.6) is 0 Å². The minimum atomic E-state index is -0.887. The summed E-state index contributed by atoms with van der Waals surface area (Å²) in [5, 5.41) is 13.0. The van der Waals surface area contributed by atoms with Crippen molar-refractivity contribution >= 4 is 23.2 Å². The lowest BCUT2D eigenvalue weighted by Gasteiger charge is -2.26. The maximum Gasteiger partial charge on any atom is 0.311 e. The molecule has 1 amide bonds. The second-order valence-corrected chi connectivity index (χ2v) is 5.93. The second-order valence-electron chi connectivity index (χ2n) is 4.85. The molecule has 5 nitrogen and oxygen atoms in total. The number of nitrogens with zero attached hydrogens (tertiary/aromatic N) is 1. The molecule has 0 aromatic carbocycles. The summed E-state index contributed by atoms with van der Waals surface area (Å²) in [6, 6.07) is 0. The monoisotopic (exact) mass is 298 g/mol. The van der Waals surface area contributed by atoms with E-state index in [-0.39, 0.29) is 12.5 Å². The van der Waals surface area contributed by atoms with Gasteiger partial charge in [0.25, 0.3) is 5.91 Å². The topological polar surface area (TPSA) is 79.3 Å². The molecule has 0 aliphatic carbocycles. The van der Waals surface area contributed by atoms with Gasteiger partial charge in [-0.2, -0.15) is 0 Å². The molecule has 1 rings (SSSR count). The lowest BCUT2D eigenvalue weighted by atomic mass is 9.82. The van der Waals surface area contributed by atoms with Gasteiger partial charge in [-0.05, 0) is 26.2 Å². The molecule has 0 atom stereocenters. The first-order valence-corrected chi connectivity index (χ1v) is 7.69. The first-order valence-electron chi connectivity index (χ1n) is 6.88. The van der Waals surface area contributed by atoms with Crippen molar-refractivity contribution < 1.29 is 14.7 Å². The van der Waals surface area contributed by atoms with Crippen LogP contribution in [0, 0.1) is 12.3 Å². The van der Waals surface area contributed by atoms with E-state index in [2.05, 4.69) is 10.3 Å². The standard InChI is InChI=1S/C14H22N2O3S/c1-5-10-16-9(4)11(20-10)12(17)15-8-14(6-2,7-3)13(18)19/h5-8H2,1-4H3,(H,15,17)(H,18,19). The van der Waals surface area contributed by atoms with E-state index in [1.165, 1.54) is 11.3 Å². The molecule has 2 N–H and O–H groups in total. The number of carboxylic acids is 1. The zero-order chi connectivity index (χ0) is 15.3. The number of aryl methyl sites for hydroxylation is 2. The Morgan fingerprint density at radius 2 is 1.90 bits per heavy atom. The fourth-order valence-electron chi connectivity index (χ4n) is 2.02. The predicted octanol–water partition coefficient (Wildman–Crippen LogP) is 2.63. The summed E-state index contributed by atoms with van der Waals surface area (Å²) >= 11 is 1.37. The van der Waals surface area contributed by atoms with Crippen LogP contribution in [0.4, 0.5) is 0 Å². The third-order valence-corrected chi connectivity index (χ3v) is 5.04.